The third-order valence-electron chi connectivity index (χ3n) is 6.31. The number of carbonyl (C=O) groups excluding carboxylic acids is 1. The fourth-order valence-electron chi connectivity index (χ4n) is 4.52. The summed E-state index contributed by atoms with van der Waals surface area (Å²) in [5.74, 6) is 0.849. The number of carbonyl (C=O) groups is 1. The minimum Gasteiger partial charge on any atom is -0.366 e. The summed E-state index contributed by atoms with van der Waals surface area (Å²) in [6.45, 7) is 6.19. The standard InChI is InChI=1S/C24H45NO/c1-3-4-5-6-7-8-9-10-11-12-13-14-15-17-22-18-16-19-23(20-22)21(2)24(25)26/h22-23H,2-20H2,1H3,(H2,25,26). The Morgan fingerprint density at radius 2 is 1.35 bits per heavy atom. The Kier molecular flexibility index (Phi) is 13.7. The lowest BCUT2D eigenvalue weighted by Gasteiger charge is -2.29. The highest BCUT2D eigenvalue weighted by molar-refractivity contribution is 5.91. The van der Waals surface area contributed by atoms with Gasteiger partial charge in [-0.2, -0.15) is 0 Å². The summed E-state index contributed by atoms with van der Waals surface area (Å²) in [6, 6.07) is 0. The van der Waals surface area contributed by atoms with Crippen molar-refractivity contribution in [1.82, 2.24) is 0 Å². The Morgan fingerprint density at radius 1 is 0.846 bits per heavy atom. The molecule has 1 rings (SSSR count). The predicted octanol–water partition coefficient (Wildman–Crippen LogP) is 7.32. The molecule has 0 aliphatic heterocycles. The van der Waals surface area contributed by atoms with Gasteiger partial charge in [-0.25, -0.2) is 0 Å². The normalized spacial score (nSPS) is 20.2. The molecule has 0 heterocycles. The summed E-state index contributed by atoms with van der Waals surface area (Å²) in [5.41, 5.74) is 6.07. The highest BCUT2D eigenvalue weighted by Crippen LogP contribution is 2.35. The average Bonchev–Trinajstić information content (AvgIpc) is 2.65. The fourth-order valence-corrected chi connectivity index (χ4v) is 4.52. The SMILES string of the molecule is C=C(C(N)=O)C1CCCC(CCCCCCCCCCCCCCC)C1. The molecule has 0 aromatic carbocycles. The molecule has 0 bridgehead atoms. The van der Waals surface area contributed by atoms with Crippen molar-refractivity contribution < 1.29 is 4.79 Å². The van der Waals surface area contributed by atoms with Crippen LogP contribution < -0.4 is 5.73 Å². The Morgan fingerprint density at radius 3 is 1.85 bits per heavy atom. The highest BCUT2D eigenvalue weighted by Gasteiger charge is 2.25. The van der Waals surface area contributed by atoms with E-state index in [4.69, 9.17) is 5.73 Å². The van der Waals surface area contributed by atoms with Crippen molar-refractivity contribution in [3.8, 4) is 0 Å². The number of hydrogen-bond donors (Lipinski definition) is 1. The van der Waals surface area contributed by atoms with Crippen molar-refractivity contribution in [2.75, 3.05) is 0 Å². The second-order valence-corrected chi connectivity index (χ2v) is 8.65. The molecule has 1 aliphatic carbocycles. The first-order valence-electron chi connectivity index (χ1n) is 11.6. The summed E-state index contributed by atoms with van der Waals surface area (Å²) < 4.78 is 0. The molecule has 26 heavy (non-hydrogen) atoms. The van der Waals surface area contributed by atoms with Crippen LogP contribution in [-0.2, 0) is 4.79 Å². The number of unbranched alkanes of at least 4 members (excludes halogenated alkanes) is 12. The molecular weight excluding hydrogens is 318 g/mol. The van der Waals surface area contributed by atoms with Crippen LogP contribution in [0.2, 0.25) is 0 Å². The first kappa shape index (κ1) is 23.2. The third-order valence-corrected chi connectivity index (χ3v) is 6.31. The Hall–Kier alpha value is -0.790. The maximum Gasteiger partial charge on any atom is 0.244 e. The third kappa shape index (κ3) is 11.0. The van der Waals surface area contributed by atoms with Crippen LogP contribution in [0.1, 0.15) is 122 Å². The van der Waals surface area contributed by atoms with Gasteiger partial charge in [0.25, 0.3) is 0 Å². The molecule has 0 aromatic rings. The molecule has 0 saturated heterocycles. The maximum absolute atomic E-state index is 11.3. The van der Waals surface area contributed by atoms with Crippen LogP contribution in [0.15, 0.2) is 12.2 Å². The fraction of sp³-hybridized carbons (Fsp3) is 0.875. The van der Waals surface area contributed by atoms with Gasteiger partial charge in [0.05, 0.1) is 0 Å². The van der Waals surface area contributed by atoms with E-state index < -0.39 is 0 Å². The zero-order chi connectivity index (χ0) is 19.0. The van der Waals surface area contributed by atoms with E-state index >= 15 is 0 Å². The summed E-state index contributed by atoms with van der Waals surface area (Å²) in [4.78, 5) is 11.3. The van der Waals surface area contributed by atoms with Gasteiger partial charge in [0, 0.05) is 5.57 Å². The largest absolute Gasteiger partial charge is 0.366 e. The zero-order valence-corrected chi connectivity index (χ0v) is 17.6. The second kappa shape index (κ2) is 15.3. The van der Waals surface area contributed by atoms with Crippen molar-refractivity contribution in [3.63, 3.8) is 0 Å². The first-order chi connectivity index (χ1) is 12.6. The molecule has 0 radical (unpaired) electrons. The number of amides is 1. The van der Waals surface area contributed by atoms with Crippen LogP contribution in [0.3, 0.4) is 0 Å². The number of primary amides is 1. The van der Waals surface area contributed by atoms with E-state index in [0.717, 1.165) is 18.8 Å². The monoisotopic (exact) mass is 363 g/mol. The molecule has 1 saturated carbocycles. The Labute approximate surface area is 163 Å². The van der Waals surface area contributed by atoms with Crippen LogP contribution in [0.4, 0.5) is 0 Å². The van der Waals surface area contributed by atoms with Crippen molar-refractivity contribution in [1.29, 1.82) is 0 Å². The summed E-state index contributed by atoms with van der Waals surface area (Å²) in [6.07, 6.45) is 24.6. The van der Waals surface area contributed by atoms with Crippen molar-refractivity contribution in [3.05, 3.63) is 12.2 Å². The summed E-state index contributed by atoms with van der Waals surface area (Å²) in [7, 11) is 0. The van der Waals surface area contributed by atoms with Gasteiger partial charge in [0.1, 0.15) is 0 Å². The summed E-state index contributed by atoms with van der Waals surface area (Å²) in [5, 5.41) is 0. The number of rotatable bonds is 16. The molecule has 0 spiro atoms. The Bertz CT molecular complexity index is 376. The highest BCUT2D eigenvalue weighted by atomic mass is 16.1. The Balaban J connectivity index is 1.90. The molecule has 1 aliphatic rings. The maximum atomic E-state index is 11.3. The number of hydrogen-bond acceptors (Lipinski definition) is 1. The van der Waals surface area contributed by atoms with E-state index in [1.165, 1.54) is 103 Å². The average molecular weight is 364 g/mol. The van der Waals surface area contributed by atoms with Gasteiger partial charge in [-0.1, -0.05) is 116 Å². The van der Waals surface area contributed by atoms with E-state index in [1.807, 2.05) is 0 Å². The van der Waals surface area contributed by atoms with Gasteiger partial charge < -0.3 is 5.73 Å². The van der Waals surface area contributed by atoms with Gasteiger partial charge in [-0.15, -0.1) is 0 Å². The van der Waals surface area contributed by atoms with Crippen molar-refractivity contribution >= 4 is 5.91 Å². The molecule has 1 amide bonds. The van der Waals surface area contributed by atoms with Gasteiger partial charge in [0.15, 0.2) is 0 Å². The molecule has 2 heteroatoms. The van der Waals surface area contributed by atoms with Crippen LogP contribution in [0.25, 0.3) is 0 Å². The van der Waals surface area contributed by atoms with E-state index in [9.17, 15) is 4.79 Å². The lowest BCUT2D eigenvalue weighted by Crippen LogP contribution is -2.24. The van der Waals surface area contributed by atoms with E-state index in [-0.39, 0.29) is 5.91 Å². The van der Waals surface area contributed by atoms with E-state index in [0.29, 0.717) is 11.5 Å². The number of nitrogens with two attached hydrogens (primary N) is 1. The second-order valence-electron chi connectivity index (χ2n) is 8.65. The summed E-state index contributed by atoms with van der Waals surface area (Å²) >= 11 is 0. The molecule has 2 N–H and O–H groups in total. The molecule has 152 valence electrons. The van der Waals surface area contributed by atoms with Crippen molar-refractivity contribution in [2.24, 2.45) is 17.6 Å². The molecule has 1 fully saturated rings. The predicted molar refractivity (Wildman–Crippen MR) is 114 cm³/mol. The van der Waals surface area contributed by atoms with Crippen LogP contribution in [0, 0.1) is 11.8 Å². The molecule has 0 aromatic heterocycles. The molecule has 2 atom stereocenters. The topological polar surface area (TPSA) is 43.1 Å². The van der Waals surface area contributed by atoms with Gasteiger partial charge in [-0.05, 0) is 24.7 Å². The molecular formula is C24H45NO. The van der Waals surface area contributed by atoms with Crippen LogP contribution >= 0.6 is 0 Å². The molecule has 2 nitrogen and oxygen atoms in total. The lowest BCUT2D eigenvalue weighted by molar-refractivity contribution is -0.115. The van der Waals surface area contributed by atoms with Gasteiger partial charge in [-0.3, -0.25) is 4.79 Å². The van der Waals surface area contributed by atoms with Crippen molar-refractivity contribution in [2.45, 2.75) is 122 Å². The van der Waals surface area contributed by atoms with Crippen LogP contribution in [-0.4, -0.2) is 5.91 Å². The molecule has 2 unspecified atom stereocenters. The first-order valence-corrected chi connectivity index (χ1v) is 11.6. The minimum absolute atomic E-state index is 0.295. The quantitative estimate of drug-likeness (QED) is 0.226. The van der Waals surface area contributed by atoms with Gasteiger partial charge >= 0.3 is 0 Å². The van der Waals surface area contributed by atoms with E-state index in [2.05, 4.69) is 13.5 Å². The van der Waals surface area contributed by atoms with Gasteiger partial charge in [0.2, 0.25) is 5.91 Å². The minimum atomic E-state index is -0.295. The zero-order valence-electron chi connectivity index (χ0n) is 17.6. The van der Waals surface area contributed by atoms with Crippen LogP contribution in [0.5, 0.6) is 0 Å². The lowest BCUT2D eigenvalue weighted by atomic mass is 9.76. The van der Waals surface area contributed by atoms with E-state index in [1.54, 1.807) is 0 Å². The smallest absolute Gasteiger partial charge is 0.244 e.